The Hall–Kier alpha value is -1.99. The zero-order valence-corrected chi connectivity index (χ0v) is 17.4. The van der Waals surface area contributed by atoms with Crippen LogP contribution in [0.4, 0.5) is 5.13 Å². The number of nitrogens with zero attached hydrogens (tertiary/aromatic N) is 4. The molecule has 0 bridgehead atoms. The zero-order chi connectivity index (χ0) is 19.3. The number of aryl methyl sites for hydroxylation is 1. The molecule has 4 rings (SSSR count). The molecule has 7 heteroatoms. The lowest BCUT2D eigenvalue weighted by atomic mass is 10.0. The van der Waals surface area contributed by atoms with Crippen molar-refractivity contribution in [1.29, 1.82) is 0 Å². The number of likely N-dealkylation sites (tertiary alicyclic amines) is 1. The number of rotatable bonds is 5. The van der Waals surface area contributed by atoms with Crippen LogP contribution >= 0.6 is 11.3 Å². The third kappa shape index (κ3) is 4.70. The smallest absolute Gasteiger partial charge is 0.263 e. The number of carbonyl (C=O) groups is 1. The maximum atomic E-state index is 12.5. The predicted octanol–water partition coefficient (Wildman–Crippen LogP) is 3.23. The monoisotopic (exact) mass is 399 g/mol. The summed E-state index contributed by atoms with van der Waals surface area (Å²) in [4.78, 5) is 27.0. The summed E-state index contributed by atoms with van der Waals surface area (Å²) in [5.74, 6) is -0.0738. The number of piperidine rings is 2. The van der Waals surface area contributed by atoms with Crippen molar-refractivity contribution in [1.82, 2.24) is 20.2 Å². The molecule has 1 amide bonds. The molecule has 0 aliphatic carbocycles. The van der Waals surface area contributed by atoms with E-state index in [9.17, 15) is 4.79 Å². The van der Waals surface area contributed by atoms with Crippen molar-refractivity contribution in [3.05, 3.63) is 40.7 Å². The van der Waals surface area contributed by atoms with Gasteiger partial charge in [-0.25, -0.2) is 4.98 Å². The first-order chi connectivity index (χ1) is 13.7. The van der Waals surface area contributed by atoms with Crippen LogP contribution in [-0.2, 0) is 6.54 Å². The fraction of sp³-hybridized carbons (Fsp3) is 0.571. The van der Waals surface area contributed by atoms with E-state index in [1.54, 1.807) is 12.4 Å². The van der Waals surface area contributed by atoms with Gasteiger partial charge in [-0.15, -0.1) is 0 Å². The second-order valence-electron chi connectivity index (χ2n) is 7.83. The Labute approximate surface area is 171 Å². The van der Waals surface area contributed by atoms with Crippen LogP contribution in [0, 0.1) is 6.92 Å². The van der Waals surface area contributed by atoms with Gasteiger partial charge in [-0.3, -0.25) is 9.78 Å². The Balaban J connectivity index is 1.28. The minimum absolute atomic E-state index is 0.0738. The number of aromatic nitrogens is 2. The first kappa shape index (κ1) is 19.3. The highest BCUT2D eigenvalue weighted by Crippen LogP contribution is 2.28. The third-order valence-electron chi connectivity index (χ3n) is 5.76. The summed E-state index contributed by atoms with van der Waals surface area (Å²) in [7, 11) is 0. The van der Waals surface area contributed by atoms with Crippen LogP contribution in [0.25, 0.3) is 0 Å². The van der Waals surface area contributed by atoms with Crippen molar-refractivity contribution in [3.63, 3.8) is 0 Å². The number of hydrogen-bond donors (Lipinski definition) is 1. The molecule has 6 nitrogen and oxygen atoms in total. The molecule has 0 spiro atoms. The Kier molecular flexibility index (Phi) is 6.22. The Morgan fingerprint density at radius 2 is 1.96 bits per heavy atom. The summed E-state index contributed by atoms with van der Waals surface area (Å²) in [6, 6.07) is 4.67. The highest BCUT2D eigenvalue weighted by molar-refractivity contribution is 7.17. The van der Waals surface area contributed by atoms with E-state index in [0.29, 0.717) is 11.4 Å². The molecule has 2 aromatic heterocycles. The van der Waals surface area contributed by atoms with E-state index in [2.05, 4.69) is 25.1 Å². The molecule has 2 aliphatic heterocycles. The van der Waals surface area contributed by atoms with E-state index in [0.717, 1.165) is 35.5 Å². The van der Waals surface area contributed by atoms with Gasteiger partial charge < -0.3 is 15.1 Å². The Morgan fingerprint density at radius 3 is 2.71 bits per heavy atom. The SMILES string of the molecule is Cc1ccnc(CNC(=O)c2cnc(N3CCC(N4CCCCC4)CC3)s2)c1. The van der Waals surface area contributed by atoms with Crippen molar-refractivity contribution in [2.45, 2.75) is 51.6 Å². The van der Waals surface area contributed by atoms with E-state index in [1.165, 1.54) is 56.5 Å². The lowest BCUT2D eigenvalue weighted by Gasteiger charge is -2.40. The van der Waals surface area contributed by atoms with Crippen LogP contribution in [0.1, 0.15) is 53.0 Å². The van der Waals surface area contributed by atoms with Crippen molar-refractivity contribution < 1.29 is 4.79 Å². The fourth-order valence-electron chi connectivity index (χ4n) is 4.18. The maximum Gasteiger partial charge on any atom is 0.263 e. The standard InChI is InChI=1S/C21H29N5OS/c1-16-5-8-22-17(13-16)14-23-20(27)19-15-24-21(28-19)26-11-6-18(7-12-26)25-9-3-2-4-10-25/h5,8,13,15,18H,2-4,6-7,9-12,14H2,1H3,(H,23,27). The molecule has 1 N–H and O–H groups in total. The molecule has 4 heterocycles. The summed E-state index contributed by atoms with van der Waals surface area (Å²) < 4.78 is 0. The van der Waals surface area contributed by atoms with E-state index < -0.39 is 0 Å². The van der Waals surface area contributed by atoms with Crippen LogP contribution in [-0.4, -0.2) is 53.0 Å². The van der Waals surface area contributed by atoms with E-state index in [4.69, 9.17) is 0 Å². The van der Waals surface area contributed by atoms with Crippen LogP contribution in [0.15, 0.2) is 24.5 Å². The molecule has 28 heavy (non-hydrogen) atoms. The Morgan fingerprint density at radius 1 is 1.18 bits per heavy atom. The molecule has 0 unspecified atom stereocenters. The minimum atomic E-state index is -0.0738. The number of pyridine rings is 1. The second kappa shape index (κ2) is 9.01. The summed E-state index contributed by atoms with van der Waals surface area (Å²) in [5, 5.41) is 3.92. The quantitative estimate of drug-likeness (QED) is 0.836. The van der Waals surface area contributed by atoms with Crippen molar-refractivity contribution in [2.75, 3.05) is 31.1 Å². The molecule has 0 aromatic carbocycles. The van der Waals surface area contributed by atoms with Gasteiger partial charge in [0.2, 0.25) is 0 Å². The maximum absolute atomic E-state index is 12.5. The zero-order valence-electron chi connectivity index (χ0n) is 16.6. The number of anilines is 1. The van der Waals surface area contributed by atoms with Crippen molar-refractivity contribution in [3.8, 4) is 0 Å². The normalized spacial score (nSPS) is 19.0. The third-order valence-corrected chi connectivity index (χ3v) is 6.82. The molecule has 0 saturated carbocycles. The van der Waals surface area contributed by atoms with Crippen LogP contribution in [0.2, 0.25) is 0 Å². The van der Waals surface area contributed by atoms with Crippen molar-refractivity contribution in [2.24, 2.45) is 0 Å². The van der Waals surface area contributed by atoms with Gasteiger partial charge in [0.05, 0.1) is 18.4 Å². The van der Waals surface area contributed by atoms with Gasteiger partial charge in [-0.1, -0.05) is 17.8 Å². The lowest BCUT2D eigenvalue weighted by molar-refractivity contribution is 0.0954. The molecular formula is C21H29N5OS. The van der Waals surface area contributed by atoms with Crippen LogP contribution in [0.3, 0.4) is 0 Å². The van der Waals surface area contributed by atoms with Gasteiger partial charge in [-0.05, 0) is 63.4 Å². The summed E-state index contributed by atoms with van der Waals surface area (Å²) in [5.41, 5.74) is 2.02. The average molecular weight is 400 g/mol. The topological polar surface area (TPSA) is 61.4 Å². The molecule has 2 fully saturated rings. The van der Waals surface area contributed by atoms with Crippen molar-refractivity contribution >= 4 is 22.4 Å². The first-order valence-corrected chi connectivity index (χ1v) is 11.2. The van der Waals surface area contributed by atoms with Gasteiger partial charge in [0.1, 0.15) is 4.88 Å². The first-order valence-electron chi connectivity index (χ1n) is 10.3. The van der Waals surface area contributed by atoms with Gasteiger partial charge >= 0.3 is 0 Å². The minimum Gasteiger partial charge on any atom is -0.348 e. The predicted molar refractivity (Wildman–Crippen MR) is 113 cm³/mol. The summed E-state index contributed by atoms with van der Waals surface area (Å²) in [6.45, 7) is 7.06. The fourth-order valence-corrected chi connectivity index (χ4v) is 5.06. The van der Waals surface area contributed by atoms with E-state index in [1.807, 2.05) is 19.1 Å². The molecule has 0 atom stereocenters. The van der Waals surface area contributed by atoms with Crippen LogP contribution < -0.4 is 10.2 Å². The molecule has 2 aromatic rings. The highest BCUT2D eigenvalue weighted by atomic mass is 32.1. The molecule has 2 aliphatic rings. The van der Waals surface area contributed by atoms with Crippen LogP contribution in [0.5, 0.6) is 0 Å². The molecule has 2 saturated heterocycles. The summed E-state index contributed by atoms with van der Waals surface area (Å²) in [6.07, 6.45) is 9.96. The number of nitrogens with one attached hydrogen (secondary N) is 1. The van der Waals surface area contributed by atoms with Gasteiger partial charge in [-0.2, -0.15) is 0 Å². The lowest BCUT2D eigenvalue weighted by Crippen LogP contribution is -2.46. The Bertz CT molecular complexity index is 794. The molecular weight excluding hydrogens is 370 g/mol. The number of carbonyl (C=O) groups excluding carboxylic acids is 1. The molecule has 150 valence electrons. The number of amides is 1. The highest BCUT2D eigenvalue weighted by Gasteiger charge is 2.27. The van der Waals surface area contributed by atoms with Gasteiger partial charge in [0.15, 0.2) is 5.13 Å². The molecule has 0 radical (unpaired) electrons. The van der Waals surface area contributed by atoms with E-state index >= 15 is 0 Å². The second-order valence-corrected chi connectivity index (χ2v) is 8.84. The number of hydrogen-bond acceptors (Lipinski definition) is 6. The van der Waals surface area contributed by atoms with Gasteiger partial charge in [0, 0.05) is 25.3 Å². The van der Waals surface area contributed by atoms with E-state index in [-0.39, 0.29) is 5.91 Å². The number of thiazole rings is 1. The largest absolute Gasteiger partial charge is 0.348 e. The summed E-state index contributed by atoms with van der Waals surface area (Å²) >= 11 is 1.49. The van der Waals surface area contributed by atoms with Gasteiger partial charge in [0.25, 0.3) is 5.91 Å². The average Bonchev–Trinajstić information content (AvgIpc) is 3.23.